The molecule has 15 atom stereocenters. The topological polar surface area (TPSA) is 28.1 Å². The lowest BCUT2D eigenvalue weighted by Gasteiger charge is -2.68. The van der Waals surface area contributed by atoms with E-state index in [1.54, 1.807) is 16.6 Å². The van der Waals surface area contributed by atoms with Gasteiger partial charge in [-0.2, -0.15) is 0 Å². The lowest BCUT2D eigenvalue weighted by Crippen LogP contribution is -2.77. The summed E-state index contributed by atoms with van der Waals surface area (Å²) >= 11 is 0. The van der Waals surface area contributed by atoms with Gasteiger partial charge in [-0.25, -0.2) is 4.99 Å². The van der Waals surface area contributed by atoms with Crippen molar-refractivity contribution < 1.29 is 4.74 Å². The van der Waals surface area contributed by atoms with Gasteiger partial charge < -0.3 is 14.5 Å². The Morgan fingerprint density at radius 1 is 0.615 bits per heavy atom. The van der Waals surface area contributed by atoms with Gasteiger partial charge in [0.2, 0.25) is 0 Å². The summed E-state index contributed by atoms with van der Waals surface area (Å²) in [4.78, 5) is 12.4. The van der Waals surface area contributed by atoms with E-state index in [0.717, 1.165) is 41.5 Å². The first-order chi connectivity index (χ1) is 25.1. The lowest BCUT2D eigenvalue weighted by atomic mass is 9.22. The van der Waals surface area contributed by atoms with Gasteiger partial charge >= 0.3 is 0 Å². The summed E-state index contributed by atoms with van der Waals surface area (Å²) in [7, 11) is 0. The molecule has 0 bridgehead atoms. The molecule has 5 heteroatoms. The molecular weight excluding hydrogens is 633 g/mol. The molecule has 1 aromatic rings. The lowest BCUT2D eigenvalue weighted by molar-refractivity contribution is -0.0829. The maximum absolute atomic E-state index is 7.57. The van der Waals surface area contributed by atoms with Gasteiger partial charge in [0.15, 0.2) is 12.7 Å². The third kappa shape index (κ3) is 4.90. The summed E-state index contributed by atoms with van der Waals surface area (Å²) in [5, 5.41) is 0. The van der Waals surface area contributed by atoms with Crippen LogP contribution in [0.25, 0.3) is 0 Å². The van der Waals surface area contributed by atoms with Crippen molar-refractivity contribution in [1.29, 1.82) is 0 Å². The van der Waals surface area contributed by atoms with E-state index < -0.39 is 0 Å². The molecule has 282 valence electrons. The average molecular weight is 704 g/mol. The molecular formula is C47H70BN3O. The summed E-state index contributed by atoms with van der Waals surface area (Å²) in [6.45, 7) is 15.3. The fraction of sp³-hybridized carbons (Fsp3) is 0.851. The molecule has 0 aromatic heterocycles. The molecule has 52 heavy (non-hydrogen) atoms. The first-order valence-electron chi connectivity index (χ1n) is 23.0. The van der Waals surface area contributed by atoms with Gasteiger partial charge in [-0.1, -0.05) is 117 Å². The van der Waals surface area contributed by atoms with Crippen LogP contribution in [0.3, 0.4) is 0 Å². The molecule has 0 spiro atoms. The summed E-state index contributed by atoms with van der Waals surface area (Å²) in [6, 6.07) is 11.2. The van der Waals surface area contributed by atoms with Crippen molar-refractivity contribution in [3.05, 3.63) is 29.3 Å². The van der Waals surface area contributed by atoms with E-state index in [-0.39, 0.29) is 10.8 Å². The Morgan fingerprint density at radius 3 is 2.10 bits per heavy atom. The predicted octanol–water partition coefficient (Wildman–Crippen LogP) is 9.75. The van der Waals surface area contributed by atoms with Crippen LogP contribution in [0.1, 0.15) is 162 Å². The first kappa shape index (κ1) is 33.8. The van der Waals surface area contributed by atoms with Crippen LogP contribution in [0.5, 0.6) is 0 Å². The Morgan fingerprint density at radius 2 is 1.31 bits per heavy atom. The molecule has 15 unspecified atom stereocenters. The second-order valence-corrected chi connectivity index (χ2v) is 22.5. The number of hydrogen-bond donors (Lipinski definition) is 0. The standard InChI is InChI=1S/C47H70BN3O/c1-46(2,3)29-24-30(47(4,5)6)26-31(25-29)48-35-21-18-28-13-11-16-37-40(28)43(35)51(38-23-20-34-33-15-9-10-17-39(33)52-44(34)41(38)48)45-49-36-22-19-27-12-7-8-14-32(27)42(36)50(37)45/h24-28,32-44H,7-23H2,1-6H3. The Hall–Kier alpha value is -1.49. The van der Waals surface area contributed by atoms with Crippen LogP contribution >= 0.6 is 0 Å². The fourth-order valence-electron chi connectivity index (χ4n) is 16.0. The Kier molecular flexibility index (Phi) is 7.81. The zero-order valence-corrected chi connectivity index (χ0v) is 33.7. The second kappa shape index (κ2) is 12.0. The maximum atomic E-state index is 7.57. The van der Waals surface area contributed by atoms with Gasteiger partial charge in [-0.3, -0.25) is 0 Å². The number of fused-ring (bicyclic) bond motifs is 13. The normalized spacial score (nSPS) is 46.2. The van der Waals surface area contributed by atoms with Crippen LogP contribution < -0.4 is 5.46 Å². The quantitative estimate of drug-likeness (QED) is 0.273. The second-order valence-electron chi connectivity index (χ2n) is 22.5. The smallest absolute Gasteiger partial charge is 0.198 e. The van der Waals surface area contributed by atoms with E-state index in [1.165, 1.54) is 115 Å². The highest BCUT2D eigenvalue weighted by molar-refractivity contribution is 6.76. The van der Waals surface area contributed by atoms with Gasteiger partial charge in [0.25, 0.3) is 0 Å². The molecule has 4 nitrogen and oxygen atoms in total. The van der Waals surface area contributed by atoms with Gasteiger partial charge in [-0.15, -0.1) is 0 Å². The fourth-order valence-corrected chi connectivity index (χ4v) is 16.0. The Labute approximate surface area is 317 Å². The van der Waals surface area contributed by atoms with Crippen molar-refractivity contribution in [2.75, 3.05) is 0 Å². The molecule has 6 aliphatic carbocycles. The van der Waals surface area contributed by atoms with Gasteiger partial charge in [-0.05, 0) is 121 Å². The van der Waals surface area contributed by atoms with Crippen molar-refractivity contribution in [3.8, 4) is 0 Å². The van der Waals surface area contributed by atoms with Crippen LogP contribution in [0, 0.1) is 35.5 Å². The van der Waals surface area contributed by atoms with Gasteiger partial charge in [0.05, 0.1) is 24.3 Å². The molecule has 4 heterocycles. The van der Waals surface area contributed by atoms with Crippen LogP contribution in [0.2, 0.25) is 11.6 Å². The largest absolute Gasteiger partial charge is 0.375 e. The molecule has 11 rings (SSSR count). The van der Waals surface area contributed by atoms with Gasteiger partial charge in [0.1, 0.15) is 0 Å². The van der Waals surface area contributed by atoms with Crippen LogP contribution in [-0.2, 0) is 15.6 Å². The van der Waals surface area contributed by atoms with Crippen molar-refractivity contribution in [1.82, 2.24) is 9.80 Å². The molecule has 10 aliphatic rings. The molecule has 0 N–H and O–H groups in total. The Bertz CT molecular complexity index is 1560. The maximum Gasteiger partial charge on any atom is 0.198 e. The average Bonchev–Trinajstić information content (AvgIpc) is 3.72. The zero-order valence-electron chi connectivity index (χ0n) is 33.7. The molecule has 0 radical (unpaired) electrons. The number of guanidine groups is 1. The van der Waals surface area contributed by atoms with Crippen molar-refractivity contribution >= 4 is 18.1 Å². The molecule has 6 saturated carbocycles. The summed E-state index contributed by atoms with van der Waals surface area (Å²) in [6.07, 6.45) is 25.0. The zero-order chi connectivity index (χ0) is 35.3. The van der Waals surface area contributed by atoms with E-state index in [2.05, 4.69) is 69.5 Å². The minimum absolute atomic E-state index is 0.132. The summed E-state index contributed by atoms with van der Waals surface area (Å²) in [5.74, 6) is 7.91. The van der Waals surface area contributed by atoms with E-state index in [4.69, 9.17) is 9.73 Å². The number of nitrogens with zero attached hydrogens (tertiary/aromatic N) is 3. The monoisotopic (exact) mass is 704 g/mol. The third-order valence-electron chi connectivity index (χ3n) is 18.1. The highest BCUT2D eigenvalue weighted by atomic mass is 16.5. The number of benzene rings is 1. The minimum Gasteiger partial charge on any atom is -0.375 e. The highest BCUT2D eigenvalue weighted by Crippen LogP contribution is 2.64. The minimum atomic E-state index is 0.132. The molecule has 9 fully saturated rings. The van der Waals surface area contributed by atoms with E-state index in [0.29, 0.717) is 54.7 Å². The summed E-state index contributed by atoms with van der Waals surface area (Å²) in [5.41, 5.74) is 5.05. The van der Waals surface area contributed by atoms with Crippen LogP contribution in [0.15, 0.2) is 23.2 Å². The van der Waals surface area contributed by atoms with Crippen molar-refractivity contribution in [2.45, 2.75) is 216 Å². The third-order valence-corrected chi connectivity index (χ3v) is 18.1. The van der Waals surface area contributed by atoms with Crippen LogP contribution in [-0.4, -0.2) is 64.9 Å². The van der Waals surface area contributed by atoms with Crippen molar-refractivity contribution in [3.63, 3.8) is 0 Å². The predicted molar refractivity (Wildman–Crippen MR) is 215 cm³/mol. The molecule has 4 aliphatic heterocycles. The number of aliphatic imine (C=N–C) groups is 1. The molecule has 1 aromatic carbocycles. The van der Waals surface area contributed by atoms with Crippen molar-refractivity contribution in [2.24, 2.45) is 40.5 Å². The SMILES string of the molecule is CC(C)(C)c1cc(B2C3CCC4CCCC5C4C3N(C3=NC4CCC6CCCCC6C4N35)C3CCC4C5CCCCC5OC4C23)cc(C(C)(C)C)c1. The Balaban J connectivity index is 1.09. The number of ether oxygens (including phenoxy) is 1. The van der Waals surface area contributed by atoms with E-state index in [1.807, 2.05) is 0 Å². The van der Waals surface area contributed by atoms with Gasteiger partial charge in [0, 0.05) is 24.0 Å². The summed E-state index contributed by atoms with van der Waals surface area (Å²) < 4.78 is 7.57. The molecule has 0 amide bonds. The van der Waals surface area contributed by atoms with E-state index in [9.17, 15) is 0 Å². The highest BCUT2D eigenvalue weighted by Gasteiger charge is 2.68. The number of rotatable bonds is 1. The first-order valence-corrected chi connectivity index (χ1v) is 23.0. The van der Waals surface area contributed by atoms with Crippen LogP contribution in [0.4, 0.5) is 0 Å². The molecule has 3 saturated heterocycles. The van der Waals surface area contributed by atoms with E-state index >= 15 is 0 Å². The number of hydrogen-bond acceptors (Lipinski definition) is 4.